The van der Waals surface area contributed by atoms with Crippen molar-refractivity contribution < 1.29 is 13.6 Å². The molecule has 2 rings (SSSR count). The van der Waals surface area contributed by atoms with E-state index in [0.29, 0.717) is 5.16 Å². The van der Waals surface area contributed by atoms with Gasteiger partial charge in [-0.15, -0.1) is 10.2 Å². The number of rotatable bonds is 8. The zero-order valence-electron chi connectivity index (χ0n) is 13.6. The summed E-state index contributed by atoms with van der Waals surface area (Å²) in [5, 5.41) is 10.4. The molecule has 0 saturated heterocycles. The van der Waals surface area contributed by atoms with E-state index in [1.54, 1.807) is 13.3 Å². The number of aryl methyl sites for hydroxylation is 1. The van der Waals surface area contributed by atoms with Crippen molar-refractivity contribution in [1.82, 2.24) is 14.8 Å². The number of amides is 1. The monoisotopic (exact) mass is 354 g/mol. The second kappa shape index (κ2) is 8.77. The molecule has 0 unspecified atom stereocenters. The van der Waals surface area contributed by atoms with Crippen LogP contribution in [-0.4, -0.2) is 25.9 Å². The number of aromatic nitrogens is 3. The summed E-state index contributed by atoms with van der Waals surface area (Å²) in [6.07, 6.45) is 4.87. The van der Waals surface area contributed by atoms with Gasteiger partial charge in [0.15, 0.2) is 5.16 Å². The van der Waals surface area contributed by atoms with Crippen molar-refractivity contribution in [3.63, 3.8) is 0 Å². The Kier molecular flexibility index (Phi) is 6.72. The van der Waals surface area contributed by atoms with Gasteiger partial charge in [-0.25, -0.2) is 8.78 Å². The van der Waals surface area contributed by atoms with Crippen molar-refractivity contribution in [3.05, 3.63) is 36.2 Å². The van der Waals surface area contributed by atoms with Crippen molar-refractivity contribution in [2.75, 3.05) is 5.32 Å². The molecule has 1 aromatic heterocycles. The van der Waals surface area contributed by atoms with Gasteiger partial charge in [0.25, 0.3) is 0 Å². The number of carbonyl (C=O) groups is 1. The molecule has 0 aliphatic rings. The predicted molar refractivity (Wildman–Crippen MR) is 89.9 cm³/mol. The molecule has 0 spiro atoms. The van der Waals surface area contributed by atoms with E-state index in [0.717, 1.165) is 44.0 Å². The number of anilines is 1. The number of carbonyl (C=O) groups excluding carboxylic acids is 1. The van der Waals surface area contributed by atoms with Gasteiger partial charge in [-0.1, -0.05) is 31.5 Å². The smallest absolute Gasteiger partial charge is 0.237 e. The highest BCUT2D eigenvalue weighted by Gasteiger charge is 2.19. The van der Waals surface area contributed by atoms with Crippen molar-refractivity contribution in [2.45, 2.75) is 50.1 Å². The fourth-order valence-electron chi connectivity index (χ4n) is 2.06. The fraction of sp³-hybridized carbons (Fsp3) is 0.438. The first kappa shape index (κ1) is 18.4. The average molecular weight is 354 g/mol. The van der Waals surface area contributed by atoms with E-state index in [4.69, 9.17) is 0 Å². The van der Waals surface area contributed by atoms with Crippen LogP contribution in [0.2, 0.25) is 0 Å². The molecule has 130 valence electrons. The minimum atomic E-state index is -0.676. The van der Waals surface area contributed by atoms with Crippen molar-refractivity contribution in [3.8, 4) is 0 Å². The molecular formula is C16H20F2N4OS. The third kappa shape index (κ3) is 5.02. The lowest BCUT2D eigenvalue weighted by atomic mass is 10.2. The van der Waals surface area contributed by atoms with Gasteiger partial charge < -0.3 is 9.88 Å². The molecule has 0 aliphatic carbocycles. The summed E-state index contributed by atoms with van der Waals surface area (Å²) >= 11 is 1.23. The van der Waals surface area contributed by atoms with Crippen LogP contribution in [-0.2, 0) is 11.3 Å². The Morgan fingerprint density at radius 1 is 1.38 bits per heavy atom. The van der Waals surface area contributed by atoms with Gasteiger partial charge in [0.2, 0.25) is 5.91 Å². The van der Waals surface area contributed by atoms with Gasteiger partial charge in [0.1, 0.15) is 18.0 Å². The van der Waals surface area contributed by atoms with Gasteiger partial charge in [-0.3, -0.25) is 4.79 Å². The van der Waals surface area contributed by atoms with Crippen molar-refractivity contribution in [1.29, 1.82) is 0 Å². The summed E-state index contributed by atoms with van der Waals surface area (Å²) in [6, 6.07) is 2.94. The summed E-state index contributed by atoms with van der Waals surface area (Å²) in [4.78, 5) is 12.2. The first-order valence-corrected chi connectivity index (χ1v) is 8.69. The molecule has 0 fully saturated rings. The number of unbranched alkanes of at least 4 members (excludes halogenated alkanes) is 2. The highest BCUT2D eigenvalue weighted by atomic mass is 32.2. The molecule has 1 aromatic carbocycles. The number of halogens is 2. The summed E-state index contributed by atoms with van der Waals surface area (Å²) in [5.41, 5.74) is -0.170. The van der Waals surface area contributed by atoms with Crippen molar-refractivity contribution in [2.24, 2.45) is 0 Å². The van der Waals surface area contributed by atoms with E-state index < -0.39 is 22.8 Å². The van der Waals surface area contributed by atoms with Crippen LogP contribution in [0.25, 0.3) is 0 Å². The standard InChI is InChI=1S/C16H20F2N4OS/c1-3-4-5-8-22-10-19-21-16(22)24-11(2)15(23)20-14-9-12(17)6-7-13(14)18/h6-7,9-11H,3-5,8H2,1-2H3,(H,20,23)/t11-/m1/s1. The predicted octanol–water partition coefficient (Wildman–Crippen LogP) is 3.87. The van der Waals surface area contributed by atoms with Crippen LogP contribution in [0.1, 0.15) is 33.1 Å². The SMILES string of the molecule is CCCCCn1cnnc1S[C@H](C)C(=O)Nc1cc(F)ccc1F. The largest absolute Gasteiger partial charge is 0.323 e. The first-order chi connectivity index (χ1) is 11.5. The molecule has 1 N–H and O–H groups in total. The van der Waals surface area contributed by atoms with Crippen molar-refractivity contribution >= 4 is 23.4 Å². The second-order valence-corrected chi connectivity index (χ2v) is 6.70. The maximum atomic E-state index is 13.6. The molecule has 0 aliphatic heterocycles. The molecule has 5 nitrogen and oxygen atoms in total. The highest BCUT2D eigenvalue weighted by Crippen LogP contribution is 2.23. The van der Waals surface area contributed by atoms with E-state index >= 15 is 0 Å². The van der Waals surface area contributed by atoms with Gasteiger partial charge in [-0.2, -0.15) is 0 Å². The Morgan fingerprint density at radius 2 is 2.17 bits per heavy atom. The summed E-state index contributed by atoms with van der Waals surface area (Å²) in [5.74, 6) is -1.71. The van der Waals surface area contributed by atoms with Crippen LogP contribution < -0.4 is 5.32 Å². The van der Waals surface area contributed by atoms with Crippen LogP contribution in [0, 0.1) is 11.6 Å². The van der Waals surface area contributed by atoms with Crippen LogP contribution in [0.3, 0.4) is 0 Å². The Morgan fingerprint density at radius 3 is 2.92 bits per heavy atom. The Bertz CT molecular complexity index is 692. The maximum absolute atomic E-state index is 13.6. The number of nitrogens with zero attached hydrogens (tertiary/aromatic N) is 3. The maximum Gasteiger partial charge on any atom is 0.237 e. The molecule has 0 bridgehead atoms. The number of nitrogens with one attached hydrogen (secondary N) is 1. The molecule has 24 heavy (non-hydrogen) atoms. The van der Waals surface area contributed by atoms with Gasteiger partial charge in [0.05, 0.1) is 10.9 Å². The van der Waals surface area contributed by atoms with Gasteiger partial charge >= 0.3 is 0 Å². The minimum Gasteiger partial charge on any atom is -0.323 e. The molecule has 1 heterocycles. The van der Waals surface area contributed by atoms with Crippen LogP contribution in [0.15, 0.2) is 29.7 Å². The second-order valence-electron chi connectivity index (χ2n) is 5.39. The van der Waals surface area contributed by atoms with E-state index in [9.17, 15) is 13.6 Å². The van der Waals surface area contributed by atoms with Gasteiger partial charge in [-0.05, 0) is 25.5 Å². The zero-order valence-corrected chi connectivity index (χ0v) is 14.4. The third-order valence-electron chi connectivity index (χ3n) is 3.42. The highest BCUT2D eigenvalue weighted by molar-refractivity contribution is 8.00. The number of hydrogen-bond acceptors (Lipinski definition) is 4. The minimum absolute atomic E-state index is 0.170. The van der Waals surface area contributed by atoms with E-state index in [2.05, 4.69) is 22.4 Å². The number of thioether (sulfide) groups is 1. The lowest BCUT2D eigenvalue weighted by Gasteiger charge is -2.13. The van der Waals surface area contributed by atoms with Crippen LogP contribution in [0.5, 0.6) is 0 Å². The van der Waals surface area contributed by atoms with Crippen LogP contribution in [0.4, 0.5) is 14.5 Å². The number of benzene rings is 1. The Hall–Kier alpha value is -1.96. The number of hydrogen-bond donors (Lipinski definition) is 1. The molecule has 1 amide bonds. The van der Waals surface area contributed by atoms with E-state index in [1.165, 1.54) is 11.8 Å². The molecular weight excluding hydrogens is 334 g/mol. The lowest BCUT2D eigenvalue weighted by molar-refractivity contribution is -0.115. The Balaban J connectivity index is 1.97. The molecule has 0 saturated carbocycles. The third-order valence-corrected chi connectivity index (χ3v) is 4.51. The fourth-order valence-corrected chi connectivity index (χ4v) is 2.91. The van der Waals surface area contributed by atoms with Gasteiger partial charge in [0, 0.05) is 12.6 Å². The average Bonchev–Trinajstić information content (AvgIpc) is 2.98. The first-order valence-electron chi connectivity index (χ1n) is 7.81. The Labute approximate surface area is 143 Å². The molecule has 0 radical (unpaired) electrons. The quantitative estimate of drug-likeness (QED) is 0.577. The van der Waals surface area contributed by atoms with E-state index in [1.807, 2.05) is 4.57 Å². The summed E-state index contributed by atoms with van der Waals surface area (Å²) < 4.78 is 28.6. The lowest BCUT2D eigenvalue weighted by Crippen LogP contribution is -2.23. The van der Waals surface area contributed by atoms with Crippen LogP contribution >= 0.6 is 11.8 Å². The molecule has 8 heteroatoms. The zero-order chi connectivity index (χ0) is 17.5. The molecule has 1 atom stereocenters. The molecule has 2 aromatic rings. The normalized spacial score (nSPS) is 12.2. The topological polar surface area (TPSA) is 59.8 Å². The summed E-state index contributed by atoms with van der Waals surface area (Å²) in [6.45, 7) is 4.60. The van der Waals surface area contributed by atoms with E-state index in [-0.39, 0.29) is 5.69 Å². The summed E-state index contributed by atoms with van der Waals surface area (Å²) in [7, 11) is 0.